The van der Waals surface area contributed by atoms with Crippen molar-refractivity contribution in [2.45, 2.75) is 44.7 Å². The summed E-state index contributed by atoms with van der Waals surface area (Å²) >= 11 is 0. The van der Waals surface area contributed by atoms with E-state index in [0.717, 1.165) is 43.4 Å². The molecule has 0 bridgehead atoms. The Morgan fingerprint density at radius 3 is 2.58 bits per heavy atom. The summed E-state index contributed by atoms with van der Waals surface area (Å²) in [4.78, 5) is 35.4. The van der Waals surface area contributed by atoms with Crippen molar-refractivity contribution in [3.05, 3.63) is 47.2 Å². The first kappa shape index (κ1) is 21.3. The average Bonchev–Trinajstić information content (AvgIpc) is 2.78. The minimum Gasteiger partial charge on any atom is -0.318 e. The lowest BCUT2D eigenvalue weighted by Gasteiger charge is -2.31. The Morgan fingerprint density at radius 1 is 1.10 bits per heavy atom. The van der Waals surface area contributed by atoms with Crippen LogP contribution in [0.15, 0.2) is 46.0 Å². The highest BCUT2D eigenvalue weighted by Crippen LogP contribution is 2.32. The largest absolute Gasteiger partial charge is 0.417 e. The second-order valence-corrected chi connectivity index (χ2v) is 7.97. The minimum absolute atomic E-state index is 0.0128. The molecule has 4 rings (SSSR count). The van der Waals surface area contributed by atoms with Crippen LogP contribution in [0.5, 0.6) is 0 Å². The Bertz CT molecular complexity index is 975. The molecule has 0 aromatic heterocycles. The van der Waals surface area contributed by atoms with E-state index in [-0.39, 0.29) is 24.3 Å². The molecule has 9 heteroatoms. The molecule has 3 aliphatic rings. The quantitative estimate of drug-likeness (QED) is 0.769. The predicted molar refractivity (Wildman–Crippen MR) is 110 cm³/mol. The lowest BCUT2D eigenvalue weighted by atomic mass is 9.88. The van der Waals surface area contributed by atoms with Gasteiger partial charge in [-0.1, -0.05) is 31.4 Å². The van der Waals surface area contributed by atoms with Crippen molar-refractivity contribution in [1.29, 1.82) is 0 Å². The summed E-state index contributed by atoms with van der Waals surface area (Å²) in [5.41, 5.74) is 0.00465. The number of carbonyl (C=O) groups excluding carboxylic acids is 2. The van der Waals surface area contributed by atoms with Crippen molar-refractivity contribution in [1.82, 2.24) is 10.2 Å². The minimum atomic E-state index is -4.64. The van der Waals surface area contributed by atoms with Crippen LogP contribution in [-0.4, -0.2) is 41.5 Å². The van der Waals surface area contributed by atoms with E-state index in [2.05, 4.69) is 15.3 Å². The first-order valence-electron chi connectivity index (χ1n) is 10.4. The van der Waals surface area contributed by atoms with Crippen molar-refractivity contribution in [2.24, 2.45) is 15.9 Å². The first-order chi connectivity index (χ1) is 14.8. The second kappa shape index (κ2) is 8.64. The summed E-state index contributed by atoms with van der Waals surface area (Å²) in [6, 6.07) is 4.59. The highest BCUT2D eigenvalue weighted by atomic mass is 19.4. The summed E-state index contributed by atoms with van der Waals surface area (Å²) in [5, 5.41) is 2.38. The van der Waals surface area contributed by atoms with Gasteiger partial charge in [-0.3, -0.25) is 14.9 Å². The number of guanidine groups is 1. The maximum absolute atomic E-state index is 13.2. The second-order valence-electron chi connectivity index (χ2n) is 7.97. The molecule has 0 spiro atoms. The van der Waals surface area contributed by atoms with E-state index in [9.17, 15) is 22.8 Å². The normalized spacial score (nSPS) is 19.7. The van der Waals surface area contributed by atoms with Crippen LogP contribution in [0.1, 0.15) is 54.4 Å². The third-order valence-corrected chi connectivity index (χ3v) is 5.85. The molecule has 1 fully saturated rings. The van der Waals surface area contributed by atoms with Crippen LogP contribution in [0.3, 0.4) is 0 Å². The number of nitrogens with one attached hydrogen (secondary N) is 1. The zero-order valence-electron chi connectivity index (χ0n) is 16.9. The first-order valence-corrected chi connectivity index (χ1v) is 10.4. The van der Waals surface area contributed by atoms with Gasteiger partial charge in [-0.2, -0.15) is 13.2 Å². The van der Waals surface area contributed by atoms with Gasteiger partial charge in [0, 0.05) is 30.7 Å². The highest BCUT2D eigenvalue weighted by molar-refractivity contribution is 6.14. The Labute approximate surface area is 177 Å². The van der Waals surface area contributed by atoms with Crippen molar-refractivity contribution in [3.63, 3.8) is 0 Å². The van der Waals surface area contributed by atoms with E-state index >= 15 is 0 Å². The highest BCUT2D eigenvalue weighted by Gasteiger charge is 2.35. The van der Waals surface area contributed by atoms with E-state index in [1.54, 1.807) is 11.1 Å². The molecule has 2 aliphatic heterocycles. The summed E-state index contributed by atoms with van der Waals surface area (Å²) in [6.07, 6.45) is 2.84. The third-order valence-electron chi connectivity index (χ3n) is 5.85. The third kappa shape index (κ3) is 4.70. The lowest BCUT2D eigenvalue weighted by Crippen LogP contribution is -2.40. The Balaban J connectivity index is 1.44. The molecule has 2 heterocycles. The topological polar surface area (TPSA) is 74.1 Å². The van der Waals surface area contributed by atoms with E-state index in [1.807, 2.05) is 0 Å². The van der Waals surface area contributed by atoms with Gasteiger partial charge in [0.15, 0.2) is 0 Å². The Morgan fingerprint density at radius 2 is 1.84 bits per heavy atom. The van der Waals surface area contributed by atoms with Gasteiger partial charge in [-0.15, -0.1) is 0 Å². The van der Waals surface area contributed by atoms with Crippen molar-refractivity contribution < 1.29 is 22.8 Å². The number of benzene rings is 1. The SMILES string of the molecule is O=C(NC1=NCC2=CN(C(=O)C3CCCCC3)CCC2=N1)c1ccccc1C(F)(F)F. The molecule has 31 heavy (non-hydrogen) atoms. The molecule has 0 atom stereocenters. The molecule has 1 aliphatic carbocycles. The molecule has 0 unspecified atom stereocenters. The van der Waals surface area contributed by atoms with Gasteiger partial charge in [0.05, 0.1) is 23.4 Å². The number of hydrogen-bond donors (Lipinski definition) is 1. The molecular weight excluding hydrogens is 409 g/mol. The van der Waals surface area contributed by atoms with Crippen LogP contribution >= 0.6 is 0 Å². The molecule has 6 nitrogen and oxygen atoms in total. The van der Waals surface area contributed by atoms with Crippen LogP contribution in [0, 0.1) is 5.92 Å². The number of carbonyl (C=O) groups is 2. The molecule has 164 valence electrons. The molecule has 2 amide bonds. The molecular formula is C22H23F3N4O2. The number of aliphatic imine (C=N–C) groups is 2. The fraction of sp³-hybridized carbons (Fsp3) is 0.455. The van der Waals surface area contributed by atoms with Gasteiger partial charge < -0.3 is 4.90 Å². The van der Waals surface area contributed by atoms with Crippen LogP contribution in [0.25, 0.3) is 0 Å². The number of nitrogens with zero attached hydrogens (tertiary/aromatic N) is 3. The van der Waals surface area contributed by atoms with Gasteiger partial charge >= 0.3 is 6.18 Å². The van der Waals surface area contributed by atoms with E-state index in [4.69, 9.17) is 0 Å². The number of halogens is 3. The number of amides is 2. The van der Waals surface area contributed by atoms with Gasteiger partial charge in [0.2, 0.25) is 11.9 Å². The summed E-state index contributed by atoms with van der Waals surface area (Å²) < 4.78 is 39.5. The molecule has 1 aromatic rings. The molecule has 0 saturated heterocycles. The Hall–Kier alpha value is -2.97. The maximum atomic E-state index is 13.2. The number of hydrogen-bond acceptors (Lipinski definition) is 4. The maximum Gasteiger partial charge on any atom is 0.417 e. The van der Waals surface area contributed by atoms with Crippen molar-refractivity contribution >= 4 is 23.5 Å². The van der Waals surface area contributed by atoms with Gasteiger partial charge in [0.1, 0.15) is 0 Å². The molecule has 0 radical (unpaired) electrons. The predicted octanol–water partition coefficient (Wildman–Crippen LogP) is 3.94. The van der Waals surface area contributed by atoms with Gasteiger partial charge in [-0.05, 0) is 25.0 Å². The monoisotopic (exact) mass is 432 g/mol. The summed E-state index contributed by atoms with van der Waals surface area (Å²) in [5.74, 6) is -0.715. The zero-order valence-corrected chi connectivity index (χ0v) is 16.9. The van der Waals surface area contributed by atoms with Gasteiger partial charge in [0.25, 0.3) is 5.91 Å². The smallest absolute Gasteiger partial charge is 0.318 e. The van der Waals surface area contributed by atoms with E-state index in [0.29, 0.717) is 18.7 Å². The van der Waals surface area contributed by atoms with Crippen LogP contribution in [0.4, 0.5) is 13.2 Å². The van der Waals surface area contributed by atoms with Crippen molar-refractivity contribution in [3.8, 4) is 0 Å². The average molecular weight is 432 g/mol. The molecule has 1 aromatic carbocycles. The van der Waals surface area contributed by atoms with E-state index in [1.165, 1.54) is 18.6 Å². The summed E-state index contributed by atoms with van der Waals surface area (Å²) in [7, 11) is 0. The van der Waals surface area contributed by atoms with Crippen molar-refractivity contribution in [2.75, 3.05) is 13.1 Å². The lowest BCUT2D eigenvalue weighted by molar-refractivity contribution is -0.138. The molecule has 1 N–H and O–H groups in total. The van der Waals surface area contributed by atoms with Crippen LogP contribution in [-0.2, 0) is 11.0 Å². The van der Waals surface area contributed by atoms with E-state index < -0.39 is 23.2 Å². The number of rotatable bonds is 2. The number of alkyl halides is 3. The van der Waals surface area contributed by atoms with Gasteiger partial charge in [-0.25, -0.2) is 9.98 Å². The van der Waals surface area contributed by atoms with Crippen LogP contribution in [0.2, 0.25) is 0 Å². The Kier molecular flexibility index (Phi) is 5.93. The van der Waals surface area contributed by atoms with Crippen LogP contribution < -0.4 is 5.32 Å². The standard InChI is InChI=1S/C22H23F3N4O2/c23-22(24,25)17-9-5-4-8-16(17)19(30)28-21-26-12-15-13-29(11-10-18(15)27-21)20(31)14-6-2-1-3-7-14/h4-5,8-9,13-14H,1-3,6-7,10-12H2,(H,26,28,30). The number of fused-ring (bicyclic) bond motifs is 1. The molecule has 1 saturated carbocycles. The fourth-order valence-corrected chi connectivity index (χ4v) is 4.22. The zero-order chi connectivity index (χ0) is 22.0. The fourth-order valence-electron chi connectivity index (χ4n) is 4.22. The summed E-state index contributed by atoms with van der Waals surface area (Å²) in [6.45, 7) is 0.708.